The highest BCUT2D eigenvalue weighted by atomic mass is 32.1. The average molecular weight is 255 g/mol. The highest BCUT2D eigenvalue weighted by molar-refractivity contribution is 7.17. The number of hydrogen-bond donors (Lipinski definition) is 0. The molecule has 0 fully saturated rings. The van der Waals surface area contributed by atoms with Crippen LogP contribution in [0.4, 0.5) is 5.13 Å². The fraction of sp³-hybridized carbons (Fsp3) is 0.545. The van der Waals surface area contributed by atoms with Crippen molar-refractivity contribution in [3.8, 4) is 0 Å². The molecule has 0 aliphatic rings. The molecule has 6 heteroatoms. The highest BCUT2D eigenvalue weighted by Crippen LogP contribution is 2.23. The highest BCUT2D eigenvalue weighted by Gasteiger charge is 2.19. The summed E-state index contributed by atoms with van der Waals surface area (Å²) in [5.41, 5.74) is -0.492. The summed E-state index contributed by atoms with van der Waals surface area (Å²) in [7, 11) is 3.73. The first-order valence-electron chi connectivity index (χ1n) is 5.18. The van der Waals surface area contributed by atoms with Crippen LogP contribution in [0.3, 0.4) is 0 Å². The molecule has 0 aliphatic heterocycles. The van der Waals surface area contributed by atoms with Gasteiger partial charge in [-0.1, -0.05) is 11.3 Å². The number of carbonyl (C=O) groups excluding carboxylic acids is 1. The van der Waals surface area contributed by atoms with E-state index in [9.17, 15) is 4.79 Å². The van der Waals surface area contributed by atoms with Crippen LogP contribution in [0.15, 0.2) is 11.2 Å². The van der Waals surface area contributed by atoms with Crippen LogP contribution >= 0.6 is 11.3 Å². The van der Waals surface area contributed by atoms with Gasteiger partial charge in [-0.15, -0.1) is 0 Å². The van der Waals surface area contributed by atoms with Gasteiger partial charge in [-0.3, -0.25) is 0 Å². The van der Waals surface area contributed by atoms with Crippen molar-refractivity contribution < 1.29 is 9.53 Å². The van der Waals surface area contributed by atoms with Gasteiger partial charge >= 0.3 is 5.97 Å². The molecule has 17 heavy (non-hydrogen) atoms. The van der Waals surface area contributed by atoms with Crippen LogP contribution in [-0.2, 0) is 4.74 Å². The van der Waals surface area contributed by atoms with E-state index >= 15 is 0 Å². The van der Waals surface area contributed by atoms with Crippen molar-refractivity contribution in [2.45, 2.75) is 26.4 Å². The van der Waals surface area contributed by atoms with E-state index in [-0.39, 0.29) is 5.97 Å². The van der Waals surface area contributed by atoms with Crippen molar-refractivity contribution in [1.29, 1.82) is 0 Å². The molecule has 5 nitrogen and oxygen atoms in total. The van der Waals surface area contributed by atoms with Gasteiger partial charge < -0.3 is 9.64 Å². The van der Waals surface area contributed by atoms with Gasteiger partial charge in [0.25, 0.3) is 0 Å². The molecule has 0 saturated heterocycles. The quantitative estimate of drug-likeness (QED) is 0.472. The number of nitrogens with zero attached hydrogens (tertiary/aromatic N) is 3. The first-order chi connectivity index (χ1) is 7.78. The number of rotatable bonds is 3. The Morgan fingerprint density at radius 3 is 2.71 bits per heavy atom. The van der Waals surface area contributed by atoms with Gasteiger partial charge in [-0.05, 0) is 20.8 Å². The number of thiazole rings is 1. The Morgan fingerprint density at radius 2 is 2.18 bits per heavy atom. The van der Waals surface area contributed by atoms with E-state index in [4.69, 9.17) is 4.74 Å². The minimum atomic E-state index is -0.492. The zero-order valence-corrected chi connectivity index (χ0v) is 11.5. The summed E-state index contributed by atoms with van der Waals surface area (Å²) in [5.74, 6) is -0.360. The SMILES string of the molecule is CN(C)/C=N/c1ncc(C(=O)OC(C)(C)C)s1. The van der Waals surface area contributed by atoms with Crippen LogP contribution in [0, 0.1) is 0 Å². The molecular weight excluding hydrogens is 238 g/mol. The van der Waals surface area contributed by atoms with E-state index in [1.807, 2.05) is 34.9 Å². The summed E-state index contributed by atoms with van der Waals surface area (Å²) >= 11 is 1.21. The molecule has 94 valence electrons. The van der Waals surface area contributed by atoms with Gasteiger partial charge in [-0.2, -0.15) is 0 Å². The largest absolute Gasteiger partial charge is 0.456 e. The van der Waals surface area contributed by atoms with E-state index in [1.54, 1.807) is 11.2 Å². The van der Waals surface area contributed by atoms with E-state index in [1.165, 1.54) is 17.5 Å². The zero-order valence-electron chi connectivity index (χ0n) is 10.7. The molecule has 0 saturated carbocycles. The lowest BCUT2D eigenvalue weighted by Crippen LogP contribution is -2.23. The lowest BCUT2D eigenvalue weighted by molar-refractivity contribution is 0.00750. The predicted molar refractivity (Wildman–Crippen MR) is 69.1 cm³/mol. The monoisotopic (exact) mass is 255 g/mol. The van der Waals surface area contributed by atoms with Crippen molar-refractivity contribution in [3.63, 3.8) is 0 Å². The Bertz CT molecular complexity index is 419. The number of carbonyl (C=O) groups is 1. The van der Waals surface area contributed by atoms with Gasteiger partial charge in [0, 0.05) is 14.1 Å². The van der Waals surface area contributed by atoms with Gasteiger partial charge in [0.1, 0.15) is 10.5 Å². The summed E-state index contributed by atoms with van der Waals surface area (Å²) < 4.78 is 5.23. The molecule has 1 aromatic heterocycles. The fourth-order valence-corrected chi connectivity index (χ4v) is 1.54. The minimum absolute atomic E-state index is 0.360. The normalized spacial score (nSPS) is 11.8. The number of aromatic nitrogens is 1. The molecule has 0 bridgehead atoms. The Labute approximate surface area is 105 Å². The smallest absolute Gasteiger partial charge is 0.350 e. The van der Waals surface area contributed by atoms with Gasteiger partial charge in [-0.25, -0.2) is 14.8 Å². The molecule has 1 heterocycles. The van der Waals surface area contributed by atoms with E-state index in [0.717, 1.165) is 0 Å². The molecule has 0 radical (unpaired) electrons. The molecule has 1 rings (SSSR count). The second kappa shape index (κ2) is 5.27. The molecule has 0 spiro atoms. The van der Waals surface area contributed by atoms with Crippen LogP contribution in [0.2, 0.25) is 0 Å². The third-order valence-corrected chi connectivity index (χ3v) is 2.38. The van der Waals surface area contributed by atoms with E-state index < -0.39 is 5.60 Å². The summed E-state index contributed by atoms with van der Waals surface area (Å²) in [5, 5.41) is 0.541. The minimum Gasteiger partial charge on any atom is -0.456 e. The first kappa shape index (κ1) is 13.6. The van der Waals surface area contributed by atoms with Gasteiger partial charge in [0.15, 0.2) is 0 Å². The van der Waals surface area contributed by atoms with Crippen LogP contribution in [-0.4, -0.2) is 41.9 Å². The molecule has 0 unspecified atom stereocenters. The summed E-state index contributed by atoms with van der Waals surface area (Å²) in [6, 6.07) is 0. The third-order valence-electron chi connectivity index (χ3n) is 1.49. The van der Waals surface area contributed by atoms with Crippen molar-refractivity contribution in [3.05, 3.63) is 11.1 Å². The molecule has 0 aliphatic carbocycles. The van der Waals surface area contributed by atoms with Crippen molar-refractivity contribution in [1.82, 2.24) is 9.88 Å². The number of esters is 1. The molecule has 1 aromatic rings. The summed E-state index contributed by atoms with van der Waals surface area (Å²) in [6.45, 7) is 5.49. The van der Waals surface area contributed by atoms with Crippen LogP contribution in [0.5, 0.6) is 0 Å². The van der Waals surface area contributed by atoms with E-state index in [0.29, 0.717) is 10.0 Å². The lowest BCUT2D eigenvalue weighted by atomic mass is 10.2. The van der Waals surface area contributed by atoms with Crippen LogP contribution in [0.1, 0.15) is 30.4 Å². The third kappa shape index (κ3) is 4.95. The molecular formula is C11H17N3O2S. The molecule has 0 atom stereocenters. The zero-order chi connectivity index (χ0) is 13.1. The maximum atomic E-state index is 11.7. The fourth-order valence-electron chi connectivity index (χ4n) is 0.912. The standard InChI is InChI=1S/C11H17N3O2S/c1-11(2,3)16-9(15)8-6-12-10(17-8)13-7-14(4)5/h6-7H,1-5H3/b13-7+. The second-order valence-electron chi connectivity index (χ2n) is 4.72. The Kier molecular flexibility index (Phi) is 4.22. The maximum absolute atomic E-state index is 11.7. The molecule has 0 aromatic carbocycles. The summed E-state index contributed by atoms with van der Waals surface area (Å²) in [6.07, 6.45) is 3.12. The van der Waals surface area contributed by atoms with Crippen molar-refractivity contribution in [2.75, 3.05) is 14.1 Å². The van der Waals surface area contributed by atoms with Crippen LogP contribution in [0.25, 0.3) is 0 Å². The van der Waals surface area contributed by atoms with Gasteiger partial charge in [0.2, 0.25) is 5.13 Å². The second-order valence-corrected chi connectivity index (χ2v) is 5.73. The van der Waals surface area contributed by atoms with Crippen LogP contribution < -0.4 is 0 Å². The number of ether oxygens (including phenoxy) is 1. The molecule has 0 N–H and O–H groups in total. The van der Waals surface area contributed by atoms with E-state index in [2.05, 4.69) is 9.98 Å². The van der Waals surface area contributed by atoms with Crippen molar-refractivity contribution in [2.24, 2.45) is 4.99 Å². The Morgan fingerprint density at radius 1 is 1.53 bits per heavy atom. The average Bonchev–Trinajstić information content (AvgIpc) is 2.60. The Hall–Kier alpha value is -1.43. The predicted octanol–water partition coefficient (Wildman–Crippen LogP) is 2.32. The Balaban J connectivity index is 2.71. The first-order valence-corrected chi connectivity index (χ1v) is 5.99. The topological polar surface area (TPSA) is 54.8 Å². The number of aliphatic imine (C=N–C) groups is 1. The summed E-state index contributed by atoms with van der Waals surface area (Å²) in [4.78, 5) is 22.1. The van der Waals surface area contributed by atoms with Gasteiger partial charge in [0.05, 0.1) is 12.5 Å². The maximum Gasteiger partial charge on any atom is 0.350 e. The lowest BCUT2D eigenvalue weighted by Gasteiger charge is -2.18. The molecule has 0 amide bonds. The number of hydrogen-bond acceptors (Lipinski definition) is 5. The van der Waals surface area contributed by atoms with Crippen molar-refractivity contribution >= 4 is 28.8 Å².